The van der Waals surface area contributed by atoms with E-state index in [0.717, 1.165) is 45.0 Å². The maximum absolute atomic E-state index is 5.05. The maximum Gasteiger partial charge on any atom is 0.191 e. The fourth-order valence-corrected chi connectivity index (χ4v) is 2.57. The van der Waals surface area contributed by atoms with Gasteiger partial charge < -0.3 is 25.2 Å². The molecular formula is C16H35N5O. The molecule has 1 heterocycles. The lowest BCUT2D eigenvalue weighted by atomic mass is 10.3. The van der Waals surface area contributed by atoms with Gasteiger partial charge in [0.25, 0.3) is 0 Å². The zero-order valence-electron chi connectivity index (χ0n) is 14.7. The molecule has 22 heavy (non-hydrogen) atoms. The van der Waals surface area contributed by atoms with Crippen molar-refractivity contribution in [3.63, 3.8) is 0 Å². The standard InChI is InChI=1S/C16H35N5O/c1-4-17-16(19-9-6-15-22-3)18-8-5-11-21-12-7-10-20(2)13-14-21/h4-15H2,1-3H3,(H2,17,18,19). The van der Waals surface area contributed by atoms with Gasteiger partial charge in [0.15, 0.2) is 5.96 Å². The van der Waals surface area contributed by atoms with Gasteiger partial charge in [-0.25, -0.2) is 0 Å². The first-order chi connectivity index (χ1) is 10.8. The van der Waals surface area contributed by atoms with Gasteiger partial charge in [0.05, 0.1) is 0 Å². The Morgan fingerprint density at radius 3 is 2.77 bits per heavy atom. The third kappa shape index (κ3) is 9.23. The highest BCUT2D eigenvalue weighted by Crippen LogP contribution is 2.01. The molecule has 1 aliphatic heterocycles. The first-order valence-corrected chi connectivity index (χ1v) is 8.68. The van der Waals surface area contributed by atoms with Crippen LogP contribution < -0.4 is 10.6 Å². The molecule has 6 heteroatoms. The Morgan fingerprint density at radius 2 is 2.00 bits per heavy atom. The van der Waals surface area contributed by atoms with Gasteiger partial charge in [-0.15, -0.1) is 0 Å². The van der Waals surface area contributed by atoms with Crippen LogP contribution in [0.25, 0.3) is 0 Å². The summed E-state index contributed by atoms with van der Waals surface area (Å²) in [4.78, 5) is 9.56. The van der Waals surface area contributed by atoms with Gasteiger partial charge >= 0.3 is 0 Å². The highest BCUT2D eigenvalue weighted by molar-refractivity contribution is 5.79. The van der Waals surface area contributed by atoms with Crippen LogP contribution in [0.5, 0.6) is 0 Å². The minimum atomic E-state index is 0.770. The van der Waals surface area contributed by atoms with Crippen molar-refractivity contribution >= 4 is 5.96 Å². The molecule has 0 atom stereocenters. The van der Waals surface area contributed by atoms with Crippen molar-refractivity contribution in [2.75, 3.05) is 73.1 Å². The van der Waals surface area contributed by atoms with Crippen LogP contribution in [0.4, 0.5) is 0 Å². The number of hydrogen-bond donors (Lipinski definition) is 2. The Bertz CT molecular complexity index is 298. The number of rotatable bonds is 9. The van der Waals surface area contributed by atoms with Crippen molar-refractivity contribution in [1.82, 2.24) is 20.4 Å². The van der Waals surface area contributed by atoms with E-state index in [-0.39, 0.29) is 0 Å². The Hall–Kier alpha value is -0.850. The molecular weight excluding hydrogens is 278 g/mol. The lowest BCUT2D eigenvalue weighted by molar-refractivity contribution is 0.197. The summed E-state index contributed by atoms with van der Waals surface area (Å²) in [6, 6.07) is 0. The molecule has 0 bridgehead atoms. The molecule has 1 saturated heterocycles. The third-order valence-corrected chi connectivity index (χ3v) is 3.88. The second-order valence-corrected chi connectivity index (χ2v) is 5.89. The largest absolute Gasteiger partial charge is 0.385 e. The van der Waals surface area contributed by atoms with Crippen molar-refractivity contribution in [1.29, 1.82) is 0 Å². The van der Waals surface area contributed by atoms with Crippen LogP contribution in [0.2, 0.25) is 0 Å². The normalized spacial score (nSPS) is 18.2. The minimum Gasteiger partial charge on any atom is -0.385 e. The number of likely N-dealkylation sites (N-methyl/N-ethyl adjacent to an activating group) is 1. The van der Waals surface area contributed by atoms with Crippen LogP contribution in [-0.4, -0.2) is 88.9 Å². The molecule has 0 saturated carbocycles. The van der Waals surface area contributed by atoms with E-state index in [4.69, 9.17) is 4.74 Å². The molecule has 0 spiro atoms. The molecule has 2 N–H and O–H groups in total. The SMILES string of the molecule is CCNC(=NCCCOC)NCCCN1CCCN(C)CC1. The summed E-state index contributed by atoms with van der Waals surface area (Å²) in [6.07, 6.45) is 3.41. The van der Waals surface area contributed by atoms with Gasteiger partial charge in [-0.3, -0.25) is 4.99 Å². The van der Waals surface area contributed by atoms with Crippen molar-refractivity contribution in [3.05, 3.63) is 0 Å². The van der Waals surface area contributed by atoms with Gasteiger partial charge in [0, 0.05) is 46.4 Å². The van der Waals surface area contributed by atoms with Crippen molar-refractivity contribution in [2.24, 2.45) is 4.99 Å². The van der Waals surface area contributed by atoms with Gasteiger partial charge in [0.2, 0.25) is 0 Å². The predicted molar refractivity (Wildman–Crippen MR) is 93.6 cm³/mol. The quantitative estimate of drug-likeness (QED) is 0.371. The van der Waals surface area contributed by atoms with Crippen LogP contribution in [0.15, 0.2) is 4.99 Å². The lowest BCUT2D eigenvalue weighted by Crippen LogP contribution is -2.39. The number of ether oxygens (including phenoxy) is 1. The van der Waals surface area contributed by atoms with Crippen LogP contribution in [-0.2, 0) is 4.74 Å². The topological polar surface area (TPSA) is 52.1 Å². The zero-order chi connectivity index (χ0) is 16.0. The Kier molecular flexibility index (Phi) is 11.1. The van der Waals surface area contributed by atoms with Crippen molar-refractivity contribution in [3.8, 4) is 0 Å². The average molecular weight is 313 g/mol. The third-order valence-electron chi connectivity index (χ3n) is 3.88. The Labute approximate surface area is 136 Å². The van der Waals surface area contributed by atoms with Crippen LogP contribution >= 0.6 is 0 Å². The molecule has 6 nitrogen and oxygen atoms in total. The second-order valence-electron chi connectivity index (χ2n) is 5.89. The van der Waals surface area contributed by atoms with Crippen LogP contribution in [0.3, 0.4) is 0 Å². The summed E-state index contributed by atoms with van der Waals surface area (Å²) in [5.41, 5.74) is 0. The highest BCUT2D eigenvalue weighted by Gasteiger charge is 2.11. The second kappa shape index (κ2) is 12.7. The molecule has 1 aliphatic rings. The summed E-state index contributed by atoms with van der Waals surface area (Å²) in [7, 11) is 3.95. The average Bonchev–Trinajstić information content (AvgIpc) is 2.72. The van der Waals surface area contributed by atoms with E-state index < -0.39 is 0 Å². The molecule has 130 valence electrons. The number of methoxy groups -OCH3 is 1. The summed E-state index contributed by atoms with van der Waals surface area (Å²) < 4.78 is 5.05. The van der Waals surface area contributed by atoms with E-state index in [2.05, 4.69) is 39.4 Å². The molecule has 1 rings (SSSR count). The van der Waals surface area contributed by atoms with Crippen LogP contribution in [0.1, 0.15) is 26.2 Å². The summed E-state index contributed by atoms with van der Waals surface area (Å²) in [5, 5.41) is 6.71. The van der Waals surface area contributed by atoms with E-state index in [1.807, 2.05) is 0 Å². The van der Waals surface area contributed by atoms with E-state index in [9.17, 15) is 0 Å². The molecule has 1 fully saturated rings. The summed E-state index contributed by atoms with van der Waals surface area (Å²) in [6.45, 7) is 11.6. The molecule has 0 aliphatic carbocycles. The predicted octanol–water partition coefficient (Wildman–Crippen LogP) is 0.606. The number of nitrogens with zero attached hydrogens (tertiary/aromatic N) is 3. The molecule has 0 aromatic heterocycles. The van der Waals surface area contributed by atoms with E-state index >= 15 is 0 Å². The first kappa shape index (κ1) is 19.2. The molecule has 0 amide bonds. The number of guanidine groups is 1. The van der Waals surface area contributed by atoms with Gasteiger partial charge in [-0.05, 0) is 52.9 Å². The first-order valence-electron chi connectivity index (χ1n) is 8.68. The summed E-state index contributed by atoms with van der Waals surface area (Å²) in [5.74, 6) is 0.925. The number of aliphatic imine (C=N–C) groups is 1. The molecule has 0 aromatic rings. The highest BCUT2D eigenvalue weighted by atomic mass is 16.5. The smallest absolute Gasteiger partial charge is 0.191 e. The molecule has 0 radical (unpaired) electrons. The number of hydrogen-bond acceptors (Lipinski definition) is 4. The van der Waals surface area contributed by atoms with Gasteiger partial charge in [-0.2, -0.15) is 0 Å². The Balaban J connectivity index is 2.16. The monoisotopic (exact) mass is 313 g/mol. The molecule has 0 aromatic carbocycles. The van der Waals surface area contributed by atoms with Crippen LogP contribution in [0, 0.1) is 0 Å². The fraction of sp³-hybridized carbons (Fsp3) is 0.938. The minimum absolute atomic E-state index is 0.770. The lowest BCUT2D eigenvalue weighted by Gasteiger charge is -2.20. The van der Waals surface area contributed by atoms with E-state index in [0.29, 0.717) is 0 Å². The van der Waals surface area contributed by atoms with Crippen molar-refractivity contribution < 1.29 is 4.74 Å². The van der Waals surface area contributed by atoms with Gasteiger partial charge in [0.1, 0.15) is 0 Å². The zero-order valence-corrected chi connectivity index (χ0v) is 14.7. The van der Waals surface area contributed by atoms with E-state index in [1.165, 1.54) is 39.1 Å². The Morgan fingerprint density at radius 1 is 1.14 bits per heavy atom. The van der Waals surface area contributed by atoms with Crippen molar-refractivity contribution in [2.45, 2.75) is 26.2 Å². The summed E-state index contributed by atoms with van der Waals surface area (Å²) >= 11 is 0. The van der Waals surface area contributed by atoms with E-state index in [1.54, 1.807) is 7.11 Å². The fourth-order valence-electron chi connectivity index (χ4n) is 2.57. The molecule has 0 unspecified atom stereocenters. The number of nitrogens with one attached hydrogen (secondary N) is 2. The maximum atomic E-state index is 5.05. The van der Waals surface area contributed by atoms with Gasteiger partial charge in [-0.1, -0.05) is 0 Å².